The van der Waals surface area contributed by atoms with Crippen molar-refractivity contribution in [3.8, 4) is 102 Å². The summed E-state index contributed by atoms with van der Waals surface area (Å²) in [5.41, 5.74) is 37.4. The van der Waals surface area contributed by atoms with E-state index in [1.807, 2.05) is 109 Å². The standard InChI is InChI=1S/C36H27B.C24H27B.C20H17BO.C18H9BO3.C18H11BO2/c1-4-16-28(17-5-1)31-22-10-13-25-34(31)37(35-26-14-11-23-32(35)29-18-6-2-7-19-29)36-27-15-12-24-33(36)30-20-8-3-9-21-30;1-16-10-7-11-17(2)22(16)25(23-18(3)12-8-13-19(23)4)24-20(5)14-9-15-21(24)6;1-14-8-7-9-15(2)20(14)21-16-10-3-5-12-18(16)22-19-13-6-4-11-17(19)21;1-4-10-16-11(5-1)21-13-7-3-9-15-18(13)19(16)17-12(20-10)6-2-8-14(17)22-15;1-3-8-14-12(6-1)19-13-7-2-4-9-15(13)21-17-11-5-10-16(20-14)18(17)19/h1-27H;7-15H,1-6H3;3-13H,1-2H3;1-9H;1-11H. The predicted molar refractivity (Wildman–Crippen MR) is 535 cm³/mol. The van der Waals surface area contributed by atoms with Gasteiger partial charge in [0.2, 0.25) is 13.4 Å². The maximum absolute atomic E-state index is 6.11. The van der Waals surface area contributed by atoms with E-state index in [2.05, 4.69) is 353 Å². The summed E-state index contributed by atoms with van der Waals surface area (Å²) in [6, 6.07) is 143. The van der Waals surface area contributed by atoms with Gasteiger partial charge in [-0.3, -0.25) is 0 Å². The Morgan fingerprint density at radius 2 is 0.354 bits per heavy atom. The van der Waals surface area contributed by atoms with Crippen LogP contribution in [0.15, 0.2) is 406 Å². The molecule has 6 aliphatic heterocycles. The number of hydrogen-bond donors (Lipinski definition) is 0. The van der Waals surface area contributed by atoms with Crippen LogP contribution in [-0.4, -0.2) is 33.6 Å². The van der Waals surface area contributed by atoms with E-state index >= 15 is 0 Å². The van der Waals surface area contributed by atoms with Crippen molar-refractivity contribution >= 4 is 116 Å². The van der Waals surface area contributed by atoms with Crippen LogP contribution >= 0.6 is 0 Å². The molecule has 11 heteroatoms. The Hall–Kier alpha value is -14.9. The summed E-state index contributed by atoms with van der Waals surface area (Å²) in [4.78, 5) is 0. The Morgan fingerprint density at radius 1 is 0.157 bits per heavy atom. The second kappa shape index (κ2) is 35.0. The second-order valence-electron chi connectivity index (χ2n) is 33.7. The van der Waals surface area contributed by atoms with Crippen molar-refractivity contribution in [1.29, 1.82) is 0 Å². The zero-order chi connectivity index (χ0) is 86.2. The van der Waals surface area contributed by atoms with Crippen molar-refractivity contribution in [2.24, 2.45) is 0 Å². The molecule has 24 rings (SSSR count). The number of rotatable bonds is 10. The van der Waals surface area contributed by atoms with Crippen LogP contribution in [0.2, 0.25) is 0 Å². The highest BCUT2D eigenvalue weighted by atomic mass is 16.5. The van der Waals surface area contributed by atoms with Crippen molar-refractivity contribution in [2.45, 2.75) is 55.4 Å². The van der Waals surface area contributed by atoms with Gasteiger partial charge >= 0.3 is 0 Å². The molecule has 6 heterocycles. The smallest absolute Gasteiger partial charge is 0.270 e. The Labute approximate surface area is 747 Å². The largest absolute Gasteiger partial charge is 0.458 e. The minimum Gasteiger partial charge on any atom is -0.458 e. The molecule has 0 aromatic heterocycles. The van der Waals surface area contributed by atoms with Crippen LogP contribution in [-0.2, 0) is 0 Å². The fourth-order valence-corrected chi connectivity index (χ4v) is 20.2. The first kappa shape index (κ1) is 80.5. The van der Waals surface area contributed by atoms with Crippen molar-refractivity contribution < 1.29 is 28.4 Å². The third-order valence-electron chi connectivity index (χ3n) is 25.9. The molecule has 0 aliphatic carbocycles. The van der Waals surface area contributed by atoms with Gasteiger partial charge in [0.15, 0.2) is 0 Å². The highest BCUT2D eigenvalue weighted by molar-refractivity contribution is 7.01. The zero-order valence-corrected chi connectivity index (χ0v) is 72.5. The molecule has 0 amide bonds. The van der Waals surface area contributed by atoms with Crippen LogP contribution in [0.1, 0.15) is 44.5 Å². The minimum atomic E-state index is 0.0456. The summed E-state index contributed by atoms with van der Waals surface area (Å²) in [6.45, 7) is 18.8. The Balaban J connectivity index is 0.000000102. The molecule has 6 aliphatic rings. The van der Waals surface area contributed by atoms with Gasteiger partial charge in [-0.05, 0) is 183 Å². The highest BCUT2D eigenvalue weighted by Crippen LogP contribution is 2.42. The molecule has 0 fully saturated rings. The van der Waals surface area contributed by atoms with Crippen LogP contribution in [0.4, 0.5) is 0 Å². The quantitative estimate of drug-likeness (QED) is 0.127. The van der Waals surface area contributed by atoms with Gasteiger partial charge in [-0.25, -0.2) is 0 Å². The molecule has 18 aromatic carbocycles. The second-order valence-corrected chi connectivity index (χ2v) is 33.7. The van der Waals surface area contributed by atoms with Crippen LogP contribution in [0, 0.1) is 55.4 Å². The van der Waals surface area contributed by atoms with E-state index < -0.39 is 0 Å². The van der Waals surface area contributed by atoms with Crippen molar-refractivity contribution in [3.05, 3.63) is 451 Å². The SMILES string of the molecule is Cc1cccc(C)c1B(c1c(C)cccc1C)c1c(C)cccc1C.Cc1cccc(C)c1B1c2ccccc2Oc2ccccc21.c1cc2c3c(c1)Oc1cccc4c1B3c1c(cccc1O4)O2.c1ccc(-c2ccccc2B(c2ccccc2-c2ccccc2)c2ccccc2-c2ccccc2)cc1.c1ccc2c(c1)Oc1cccc3c1B2c1ccccc1O3. The molecule has 0 N–H and O–H groups in total. The van der Waals surface area contributed by atoms with Gasteiger partial charge in [0.25, 0.3) is 20.1 Å². The van der Waals surface area contributed by atoms with Crippen LogP contribution in [0.25, 0.3) is 33.4 Å². The van der Waals surface area contributed by atoms with E-state index in [9.17, 15) is 0 Å². The molecule has 127 heavy (non-hydrogen) atoms. The number of fused-ring (bicyclic) bond motifs is 6. The van der Waals surface area contributed by atoms with Gasteiger partial charge in [0.1, 0.15) is 69.0 Å². The van der Waals surface area contributed by atoms with E-state index in [0.29, 0.717) is 0 Å². The lowest BCUT2D eigenvalue weighted by atomic mass is 9.33. The Kier molecular flexibility index (Phi) is 22.2. The van der Waals surface area contributed by atoms with Crippen LogP contribution in [0.5, 0.6) is 69.0 Å². The van der Waals surface area contributed by atoms with Crippen molar-refractivity contribution in [3.63, 3.8) is 0 Å². The van der Waals surface area contributed by atoms with E-state index in [1.165, 1.54) is 138 Å². The van der Waals surface area contributed by atoms with Crippen LogP contribution in [0.3, 0.4) is 0 Å². The van der Waals surface area contributed by atoms with E-state index in [0.717, 1.165) is 90.8 Å². The van der Waals surface area contributed by atoms with Gasteiger partial charge in [-0.1, -0.05) is 416 Å². The number of para-hydroxylation sites is 4. The monoisotopic (exact) mass is 1630 g/mol. The fourth-order valence-electron chi connectivity index (χ4n) is 20.2. The van der Waals surface area contributed by atoms with E-state index in [1.54, 1.807) is 0 Å². The topological polar surface area (TPSA) is 55.4 Å². The molecule has 0 spiro atoms. The van der Waals surface area contributed by atoms with Gasteiger partial charge in [0.05, 0.1) is 0 Å². The lowest BCUT2D eigenvalue weighted by Crippen LogP contribution is -2.59. The summed E-state index contributed by atoms with van der Waals surface area (Å²) in [6.07, 6.45) is 0. The average Bonchev–Trinajstić information content (AvgIpc) is 0.708. The van der Waals surface area contributed by atoms with Crippen molar-refractivity contribution in [1.82, 2.24) is 0 Å². The molecule has 0 radical (unpaired) electrons. The molecule has 18 aromatic rings. The molecule has 0 atom stereocenters. The average molecular weight is 1640 g/mol. The zero-order valence-electron chi connectivity index (χ0n) is 72.5. The first-order valence-corrected chi connectivity index (χ1v) is 44.0. The number of ether oxygens (including phenoxy) is 6. The van der Waals surface area contributed by atoms with Gasteiger partial charge in [0, 0.05) is 21.9 Å². The molecule has 0 unspecified atom stereocenters. The normalized spacial score (nSPS) is 12.1. The van der Waals surface area contributed by atoms with E-state index in [-0.39, 0.29) is 33.6 Å². The highest BCUT2D eigenvalue weighted by Gasteiger charge is 2.47. The molecular formula is C116H91B5O6. The summed E-state index contributed by atoms with van der Waals surface area (Å²) in [5, 5.41) is 0. The Morgan fingerprint density at radius 3 is 0.638 bits per heavy atom. The van der Waals surface area contributed by atoms with Gasteiger partial charge in [-0.15, -0.1) is 0 Å². The van der Waals surface area contributed by atoms with Crippen LogP contribution < -0.4 is 110 Å². The lowest BCUT2D eigenvalue weighted by Gasteiger charge is -2.37. The number of benzene rings is 18. The summed E-state index contributed by atoms with van der Waals surface area (Å²) < 4.78 is 36.5. The summed E-state index contributed by atoms with van der Waals surface area (Å²) >= 11 is 0. The predicted octanol–water partition coefficient (Wildman–Crippen LogP) is 19.1. The molecule has 0 bridgehead atoms. The Bertz CT molecular complexity index is 6490. The minimum absolute atomic E-state index is 0.0456. The molecular weight excluding hydrogens is 1540 g/mol. The van der Waals surface area contributed by atoms with Gasteiger partial charge in [-0.2, -0.15) is 0 Å². The van der Waals surface area contributed by atoms with Gasteiger partial charge < -0.3 is 28.4 Å². The molecule has 0 saturated carbocycles. The first-order chi connectivity index (χ1) is 62.4. The third kappa shape index (κ3) is 15.3. The lowest BCUT2D eigenvalue weighted by molar-refractivity contribution is 0.443. The third-order valence-corrected chi connectivity index (χ3v) is 25.9. The number of aryl methyl sites for hydroxylation is 8. The summed E-state index contributed by atoms with van der Waals surface area (Å²) in [5.74, 6) is 10.8. The number of hydrogen-bond acceptors (Lipinski definition) is 6. The molecule has 0 saturated heterocycles. The maximum Gasteiger partial charge on any atom is 0.270 e. The molecule has 606 valence electrons. The maximum atomic E-state index is 6.11. The summed E-state index contributed by atoms with van der Waals surface area (Å²) in [7, 11) is 0. The van der Waals surface area contributed by atoms with E-state index in [4.69, 9.17) is 28.4 Å². The van der Waals surface area contributed by atoms with Crippen molar-refractivity contribution in [2.75, 3.05) is 0 Å². The molecule has 6 nitrogen and oxygen atoms in total. The fraction of sp³-hybridized carbons (Fsp3) is 0.0690. The first-order valence-electron chi connectivity index (χ1n) is 44.0.